The number of nitrogens with zero attached hydrogens (tertiary/aromatic N) is 2. The summed E-state index contributed by atoms with van der Waals surface area (Å²) < 4.78 is 5.53. The lowest BCUT2D eigenvalue weighted by Crippen LogP contribution is -2.19. The number of benzene rings is 2. The molecule has 0 saturated heterocycles. The van der Waals surface area contributed by atoms with Gasteiger partial charge in [-0.15, -0.1) is 0 Å². The fraction of sp³-hybridized carbons (Fsp3) is 0.278. The van der Waals surface area contributed by atoms with Crippen LogP contribution in [0.15, 0.2) is 53.6 Å². The predicted molar refractivity (Wildman–Crippen MR) is 95.4 cm³/mol. The Morgan fingerprint density at radius 1 is 1.26 bits per heavy atom. The number of para-hydroxylation sites is 1. The molecule has 2 aromatic rings. The van der Waals surface area contributed by atoms with Crippen molar-refractivity contribution in [1.82, 2.24) is 0 Å². The van der Waals surface area contributed by atoms with E-state index in [1.165, 1.54) is 0 Å². The Morgan fingerprint density at radius 2 is 2.09 bits per heavy atom. The van der Waals surface area contributed by atoms with Gasteiger partial charge in [-0.25, -0.2) is 0 Å². The van der Waals surface area contributed by atoms with Crippen molar-refractivity contribution in [2.45, 2.75) is 18.9 Å². The summed E-state index contributed by atoms with van der Waals surface area (Å²) in [6, 6.07) is 15.9. The molecular weight excluding hydrogens is 310 g/mol. The molecule has 0 amide bonds. The lowest BCUT2D eigenvalue weighted by atomic mass is 9.99. The van der Waals surface area contributed by atoms with Crippen LogP contribution in [-0.2, 0) is 0 Å². The van der Waals surface area contributed by atoms with Gasteiger partial charge in [-0.2, -0.15) is 5.10 Å². The second-order valence-electron chi connectivity index (χ2n) is 5.49. The average Bonchev–Trinajstić information content (AvgIpc) is 2.99. The van der Waals surface area contributed by atoms with Gasteiger partial charge in [0.05, 0.1) is 18.8 Å². The first kappa shape index (κ1) is 15.8. The van der Waals surface area contributed by atoms with Crippen LogP contribution in [0.1, 0.15) is 24.4 Å². The maximum Gasteiger partial charge on any atom is 0.124 e. The third kappa shape index (κ3) is 3.33. The molecule has 0 radical (unpaired) electrons. The molecule has 0 aromatic heterocycles. The third-order valence-electron chi connectivity index (χ3n) is 3.98. The van der Waals surface area contributed by atoms with Gasteiger partial charge in [0.1, 0.15) is 5.75 Å². The van der Waals surface area contributed by atoms with Gasteiger partial charge in [-0.1, -0.05) is 35.9 Å². The molecule has 2 N–H and O–H groups in total. The minimum absolute atomic E-state index is 0.0890. The number of rotatable bonds is 5. The maximum atomic E-state index is 6.15. The third-order valence-corrected chi connectivity index (χ3v) is 4.21. The smallest absolute Gasteiger partial charge is 0.124 e. The zero-order valence-electron chi connectivity index (χ0n) is 13.1. The van der Waals surface area contributed by atoms with Crippen LogP contribution in [0.4, 0.5) is 5.69 Å². The van der Waals surface area contributed by atoms with Crippen LogP contribution in [-0.4, -0.2) is 19.4 Å². The van der Waals surface area contributed by atoms with E-state index >= 15 is 0 Å². The Balaban J connectivity index is 2.01. The van der Waals surface area contributed by atoms with Crippen molar-refractivity contribution >= 4 is 23.0 Å². The first-order chi connectivity index (χ1) is 11.2. The van der Waals surface area contributed by atoms with E-state index in [9.17, 15) is 0 Å². The van der Waals surface area contributed by atoms with Crippen LogP contribution in [0.3, 0.4) is 0 Å². The molecule has 23 heavy (non-hydrogen) atoms. The van der Waals surface area contributed by atoms with E-state index < -0.39 is 0 Å². The highest BCUT2D eigenvalue weighted by molar-refractivity contribution is 6.30. The summed E-state index contributed by atoms with van der Waals surface area (Å²) in [4.78, 5) is 0. The number of nitrogens with two attached hydrogens (primary N) is 1. The molecule has 0 saturated carbocycles. The van der Waals surface area contributed by atoms with Crippen molar-refractivity contribution in [1.29, 1.82) is 0 Å². The van der Waals surface area contributed by atoms with Gasteiger partial charge in [-0.05, 0) is 37.2 Å². The van der Waals surface area contributed by atoms with Gasteiger partial charge in [0.25, 0.3) is 0 Å². The van der Waals surface area contributed by atoms with Gasteiger partial charge in [-0.3, -0.25) is 5.01 Å². The van der Waals surface area contributed by atoms with Crippen LogP contribution >= 0.6 is 11.6 Å². The normalized spacial score (nSPS) is 17.3. The molecule has 0 spiro atoms. The van der Waals surface area contributed by atoms with Crippen LogP contribution < -0.4 is 15.5 Å². The minimum Gasteiger partial charge on any atom is -0.496 e. The zero-order valence-corrected chi connectivity index (χ0v) is 13.8. The molecule has 1 aliphatic rings. The van der Waals surface area contributed by atoms with Gasteiger partial charge in [0.2, 0.25) is 0 Å². The van der Waals surface area contributed by atoms with E-state index in [-0.39, 0.29) is 6.04 Å². The Hall–Kier alpha value is -2.04. The highest BCUT2D eigenvalue weighted by atomic mass is 35.5. The number of halogens is 1. The van der Waals surface area contributed by atoms with E-state index in [4.69, 9.17) is 27.2 Å². The average molecular weight is 330 g/mol. The largest absolute Gasteiger partial charge is 0.496 e. The van der Waals surface area contributed by atoms with Crippen molar-refractivity contribution in [3.05, 3.63) is 59.1 Å². The van der Waals surface area contributed by atoms with E-state index in [0.29, 0.717) is 11.6 Å². The number of hydrogen-bond donors (Lipinski definition) is 1. The summed E-state index contributed by atoms with van der Waals surface area (Å²) in [5.41, 5.74) is 8.90. The second kappa shape index (κ2) is 7.02. The van der Waals surface area contributed by atoms with Crippen molar-refractivity contribution < 1.29 is 4.74 Å². The number of ether oxygens (including phenoxy) is 1. The van der Waals surface area contributed by atoms with Gasteiger partial charge < -0.3 is 10.5 Å². The SMILES string of the molecule is COc1ccccc1C1CC(CCN)=NN1c1cccc(Cl)c1. The van der Waals surface area contributed by atoms with Gasteiger partial charge >= 0.3 is 0 Å². The quantitative estimate of drug-likeness (QED) is 0.901. The standard InChI is InChI=1S/C18H20ClN3O/c1-23-18-8-3-2-7-16(18)17-12-14(9-10-20)21-22(17)15-6-4-5-13(19)11-15/h2-8,11,17H,9-10,12,20H2,1H3. The van der Waals surface area contributed by atoms with E-state index in [0.717, 1.165) is 35.6 Å². The minimum atomic E-state index is 0.0890. The fourth-order valence-corrected chi connectivity index (χ4v) is 3.12. The summed E-state index contributed by atoms with van der Waals surface area (Å²) >= 11 is 6.15. The van der Waals surface area contributed by atoms with Crippen LogP contribution in [0.5, 0.6) is 5.75 Å². The summed E-state index contributed by atoms with van der Waals surface area (Å²) in [6.07, 6.45) is 1.63. The molecule has 3 rings (SSSR count). The lowest BCUT2D eigenvalue weighted by molar-refractivity contribution is 0.405. The van der Waals surface area contributed by atoms with E-state index in [1.807, 2.05) is 47.5 Å². The molecule has 0 bridgehead atoms. The Kier molecular flexibility index (Phi) is 4.84. The van der Waals surface area contributed by atoms with Crippen LogP contribution in [0.2, 0.25) is 5.02 Å². The van der Waals surface area contributed by atoms with Crippen LogP contribution in [0, 0.1) is 0 Å². The summed E-state index contributed by atoms with van der Waals surface area (Å²) in [5, 5.41) is 7.50. The summed E-state index contributed by atoms with van der Waals surface area (Å²) in [5.74, 6) is 0.869. The van der Waals surface area contributed by atoms with Crippen molar-refractivity contribution in [2.75, 3.05) is 18.7 Å². The Morgan fingerprint density at radius 3 is 2.83 bits per heavy atom. The van der Waals surface area contributed by atoms with Gasteiger partial charge in [0.15, 0.2) is 0 Å². The van der Waals surface area contributed by atoms with Gasteiger partial charge in [0, 0.05) is 22.7 Å². The lowest BCUT2D eigenvalue weighted by Gasteiger charge is -2.25. The van der Waals surface area contributed by atoms with Crippen molar-refractivity contribution in [2.24, 2.45) is 10.8 Å². The van der Waals surface area contributed by atoms with Crippen LogP contribution in [0.25, 0.3) is 0 Å². The molecule has 0 fully saturated rings. The summed E-state index contributed by atoms with van der Waals surface area (Å²) in [6.45, 7) is 0.598. The van der Waals surface area contributed by atoms with Crippen molar-refractivity contribution in [3.8, 4) is 5.75 Å². The Labute approximate surface area is 141 Å². The molecule has 1 unspecified atom stereocenters. The second-order valence-corrected chi connectivity index (χ2v) is 5.93. The Bertz CT molecular complexity index is 717. The molecule has 1 aliphatic heterocycles. The highest BCUT2D eigenvalue weighted by Crippen LogP contribution is 2.39. The number of anilines is 1. The first-order valence-corrected chi connectivity index (χ1v) is 8.05. The molecule has 2 aromatic carbocycles. The van der Waals surface area contributed by atoms with E-state index in [2.05, 4.69) is 6.07 Å². The first-order valence-electron chi connectivity index (χ1n) is 7.67. The molecule has 4 nitrogen and oxygen atoms in total. The zero-order chi connectivity index (χ0) is 16.2. The predicted octanol–water partition coefficient (Wildman–Crippen LogP) is 4.00. The fourth-order valence-electron chi connectivity index (χ4n) is 2.93. The molecule has 5 heteroatoms. The molecular formula is C18H20ClN3O. The molecule has 1 atom stereocenters. The number of hydrazone groups is 1. The molecule has 0 aliphatic carbocycles. The highest BCUT2D eigenvalue weighted by Gasteiger charge is 2.30. The molecule has 1 heterocycles. The summed E-state index contributed by atoms with van der Waals surface area (Å²) in [7, 11) is 1.69. The van der Waals surface area contributed by atoms with Crippen molar-refractivity contribution in [3.63, 3.8) is 0 Å². The van der Waals surface area contributed by atoms with E-state index in [1.54, 1.807) is 7.11 Å². The maximum absolute atomic E-state index is 6.15. The number of hydrogen-bond acceptors (Lipinski definition) is 4. The number of methoxy groups -OCH3 is 1. The monoisotopic (exact) mass is 329 g/mol. The topological polar surface area (TPSA) is 50.9 Å². The molecule has 120 valence electrons.